The summed E-state index contributed by atoms with van der Waals surface area (Å²) in [6.45, 7) is 2.12. The molecule has 11 heavy (non-hydrogen) atoms. The van der Waals surface area contributed by atoms with Crippen molar-refractivity contribution in [2.45, 2.75) is 6.92 Å². The van der Waals surface area contributed by atoms with Crippen LogP contribution in [-0.2, 0) is 0 Å². The first-order valence-electron chi connectivity index (χ1n) is 3.48. The predicted octanol–water partition coefficient (Wildman–Crippen LogP) is 2.44. The first-order chi connectivity index (χ1) is 4.86. The number of benzene rings is 1. The van der Waals surface area contributed by atoms with Crippen molar-refractivity contribution in [1.29, 1.82) is 0 Å². The number of aryl methyl sites for hydroxylation is 1. The van der Waals surface area contributed by atoms with Gasteiger partial charge in [0.05, 0.1) is 0 Å². The summed E-state index contributed by atoms with van der Waals surface area (Å²) in [4.78, 5) is 0. The summed E-state index contributed by atoms with van der Waals surface area (Å²) in [5.41, 5.74) is 4.04. The Balaban J connectivity index is 0.000000605. The zero-order chi connectivity index (χ0) is 6.97. The third-order valence-corrected chi connectivity index (χ3v) is 1.76. The second-order valence-electron chi connectivity index (χ2n) is 2.66. The Morgan fingerprint density at radius 1 is 1.18 bits per heavy atom. The Kier molecular flexibility index (Phi) is 2.49. The number of hydrogen-bond donors (Lipinski definition) is 0. The van der Waals surface area contributed by atoms with Gasteiger partial charge in [-0.25, -0.2) is 0 Å². The van der Waals surface area contributed by atoms with Crippen molar-refractivity contribution in [1.82, 2.24) is 0 Å². The maximum absolute atomic E-state index is 2.20. The molecule has 0 aromatic rings. The van der Waals surface area contributed by atoms with E-state index in [0.29, 0.717) is 0 Å². The monoisotopic (exact) mass is 136 g/mol. The molecule has 51 valence electrons. The average molecular weight is 136 g/mol. The Morgan fingerprint density at radius 3 is 2.64 bits per heavy atom. The van der Waals surface area contributed by atoms with Crippen LogP contribution in [0.25, 0.3) is 11.1 Å². The second kappa shape index (κ2) is 3.22. The van der Waals surface area contributed by atoms with Gasteiger partial charge >= 0.3 is 0 Å². The molecule has 0 unspecified atom stereocenters. The fourth-order valence-corrected chi connectivity index (χ4v) is 1.31. The molecular formula is C10H9Li-. The molecule has 0 nitrogen and oxygen atoms in total. The SMILES string of the molecule is Cc1cc2cc[cH-]cc-2c1.[Li]. The minimum absolute atomic E-state index is 0. The maximum Gasteiger partial charge on any atom is 0 e. The zero-order valence-electron chi connectivity index (χ0n) is 6.96. The topological polar surface area (TPSA) is 0 Å². The van der Waals surface area contributed by atoms with Crippen LogP contribution >= 0.6 is 0 Å². The quantitative estimate of drug-likeness (QED) is 0.385. The Morgan fingerprint density at radius 2 is 1.91 bits per heavy atom. The molecule has 1 radical (unpaired) electrons. The largest absolute Gasteiger partial charge is 0.172 e. The molecule has 2 aliphatic rings. The average Bonchev–Trinajstić information content (AvgIpc) is 2.27. The van der Waals surface area contributed by atoms with E-state index in [4.69, 9.17) is 0 Å². The Hall–Kier alpha value is -0.573. The van der Waals surface area contributed by atoms with Crippen LogP contribution in [0.15, 0.2) is 36.4 Å². The molecule has 0 N–H and O–H groups in total. The molecular weight excluding hydrogens is 127 g/mol. The molecule has 0 atom stereocenters. The van der Waals surface area contributed by atoms with Gasteiger partial charge < -0.3 is 0 Å². The van der Waals surface area contributed by atoms with E-state index in [0.717, 1.165) is 0 Å². The van der Waals surface area contributed by atoms with E-state index in [2.05, 4.69) is 43.3 Å². The van der Waals surface area contributed by atoms with Gasteiger partial charge in [0.15, 0.2) is 0 Å². The first kappa shape index (κ1) is 8.52. The van der Waals surface area contributed by atoms with E-state index in [1.807, 2.05) is 0 Å². The minimum atomic E-state index is 0. The van der Waals surface area contributed by atoms with Crippen molar-refractivity contribution in [3.05, 3.63) is 42.0 Å². The predicted molar refractivity (Wildman–Crippen MR) is 49.1 cm³/mol. The summed E-state index contributed by atoms with van der Waals surface area (Å²) in [6.07, 6.45) is 0. The van der Waals surface area contributed by atoms with Crippen molar-refractivity contribution in [3.63, 3.8) is 0 Å². The van der Waals surface area contributed by atoms with Crippen LogP contribution in [0.5, 0.6) is 0 Å². The van der Waals surface area contributed by atoms with Gasteiger partial charge in [-0.1, -0.05) is 11.6 Å². The third kappa shape index (κ3) is 1.53. The van der Waals surface area contributed by atoms with Gasteiger partial charge in [-0.05, 0) is 6.92 Å². The fraction of sp³-hybridized carbons (Fsp3) is 0.100. The Labute approximate surface area is 79.1 Å². The summed E-state index contributed by atoms with van der Waals surface area (Å²) < 4.78 is 0. The summed E-state index contributed by atoms with van der Waals surface area (Å²) in [7, 11) is 0. The maximum atomic E-state index is 2.20. The van der Waals surface area contributed by atoms with Crippen molar-refractivity contribution in [2.24, 2.45) is 0 Å². The standard InChI is InChI=1S/C10H9.Li/c1-8-6-9-4-2-3-5-10(9)7-8;/h2-7H,1H3;/q-1;. The second-order valence-corrected chi connectivity index (χ2v) is 2.66. The van der Waals surface area contributed by atoms with Gasteiger partial charge in [0, 0.05) is 18.9 Å². The zero-order valence-corrected chi connectivity index (χ0v) is 6.96. The molecule has 0 spiro atoms. The van der Waals surface area contributed by atoms with Gasteiger partial charge in [0.25, 0.3) is 0 Å². The molecule has 1 heteroatoms. The van der Waals surface area contributed by atoms with Crippen LogP contribution in [0.1, 0.15) is 5.56 Å². The molecule has 0 saturated heterocycles. The number of rotatable bonds is 0. The third-order valence-electron chi connectivity index (χ3n) is 1.76. The van der Waals surface area contributed by atoms with Crippen LogP contribution in [0.3, 0.4) is 0 Å². The van der Waals surface area contributed by atoms with Crippen molar-refractivity contribution < 1.29 is 0 Å². The van der Waals surface area contributed by atoms with Crippen LogP contribution in [-0.4, -0.2) is 18.9 Å². The van der Waals surface area contributed by atoms with Gasteiger partial charge in [-0.3, -0.25) is 0 Å². The molecule has 0 heterocycles. The summed E-state index contributed by atoms with van der Waals surface area (Å²) >= 11 is 0. The number of hydrogen-bond acceptors (Lipinski definition) is 0. The van der Waals surface area contributed by atoms with E-state index < -0.39 is 0 Å². The van der Waals surface area contributed by atoms with Crippen LogP contribution in [0.2, 0.25) is 0 Å². The molecule has 2 aliphatic carbocycles. The van der Waals surface area contributed by atoms with E-state index >= 15 is 0 Å². The van der Waals surface area contributed by atoms with E-state index in [9.17, 15) is 0 Å². The first-order valence-corrected chi connectivity index (χ1v) is 3.48. The summed E-state index contributed by atoms with van der Waals surface area (Å²) in [5.74, 6) is 0. The van der Waals surface area contributed by atoms with Gasteiger partial charge in [0.2, 0.25) is 0 Å². The molecule has 2 rings (SSSR count). The number of fused-ring (bicyclic) bond motifs is 1. The normalized spacial score (nSPS) is 9.55. The van der Waals surface area contributed by atoms with E-state index in [1.54, 1.807) is 0 Å². The molecule has 0 aliphatic heterocycles. The molecule has 0 saturated carbocycles. The summed E-state index contributed by atoms with van der Waals surface area (Å²) in [5, 5.41) is 0. The van der Waals surface area contributed by atoms with Crippen molar-refractivity contribution in [3.8, 4) is 11.1 Å². The minimum Gasteiger partial charge on any atom is -0.172 e. The molecule has 0 aromatic carbocycles. The van der Waals surface area contributed by atoms with Crippen LogP contribution < -0.4 is 0 Å². The fourth-order valence-electron chi connectivity index (χ4n) is 1.31. The van der Waals surface area contributed by atoms with Crippen molar-refractivity contribution >= 4 is 18.9 Å². The smallest absolute Gasteiger partial charge is 0 e. The van der Waals surface area contributed by atoms with Crippen molar-refractivity contribution in [2.75, 3.05) is 0 Å². The van der Waals surface area contributed by atoms with Crippen LogP contribution in [0.4, 0.5) is 0 Å². The van der Waals surface area contributed by atoms with Gasteiger partial charge in [0.1, 0.15) is 0 Å². The van der Waals surface area contributed by atoms with Crippen LogP contribution in [0, 0.1) is 6.92 Å². The van der Waals surface area contributed by atoms with Gasteiger partial charge in [-0.15, -0.1) is 17.2 Å². The van der Waals surface area contributed by atoms with Gasteiger partial charge in [-0.2, -0.15) is 24.3 Å². The molecule has 0 amide bonds. The Bertz CT molecular complexity index is 279. The summed E-state index contributed by atoms with van der Waals surface area (Å²) in [6, 6.07) is 12.8. The molecule has 0 fully saturated rings. The molecule has 0 bridgehead atoms. The molecule has 0 aromatic heterocycles. The van der Waals surface area contributed by atoms with E-state index in [-0.39, 0.29) is 18.9 Å². The van der Waals surface area contributed by atoms with E-state index in [1.165, 1.54) is 16.7 Å².